The molecule has 0 fully saturated rings. The number of hydrogen-bond donors (Lipinski definition) is 1. The second-order valence-electron chi connectivity index (χ2n) is 5.02. The van der Waals surface area contributed by atoms with Crippen LogP contribution in [0, 0.1) is 6.92 Å². The van der Waals surface area contributed by atoms with Crippen molar-refractivity contribution in [3.05, 3.63) is 70.6 Å². The second kappa shape index (κ2) is 7.14. The van der Waals surface area contributed by atoms with Gasteiger partial charge in [0.15, 0.2) is 6.61 Å². The molecule has 24 heavy (non-hydrogen) atoms. The Morgan fingerprint density at radius 3 is 2.67 bits per heavy atom. The van der Waals surface area contributed by atoms with Gasteiger partial charge in [0.1, 0.15) is 5.75 Å². The summed E-state index contributed by atoms with van der Waals surface area (Å²) in [4.78, 5) is 12.0. The van der Waals surface area contributed by atoms with Gasteiger partial charge in [0.25, 0.3) is 11.8 Å². The number of carbonyl (C=O) groups is 1. The number of halogens is 1. The van der Waals surface area contributed by atoms with E-state index in [-0.39, 0.29) is 24.4 Å². The summed E-state index contributed by atoms with van der Waals surface area (Å²) in [6.45, 7) is 2.07. The summed E-state index contributed by atoms with van der Waals surface area (Å²) in [5, 5.41) is 10.7. The van der Waals surface area contributed by atoms with E-state index in [9.17, 15) is 4.79 Å². The summed E-state index contributed by atoms with van der Waals surface area (Å²) < 4.78 is 11.0. The lowest BCUT2D eigenvalue weighted by Crippen LogP contribution is -2.11. The van der Waals surface area contributed by atoms with Gasteiger partial charge in [0.2, 0.25) is 0 Å². The van der Waals surface area contributed by atoms with E-state index in [0.717, 1.165) is 11.3 Å². The highest BCUT2D eigenvalue weighted by molar-refractivity contribution is 6.30. The molecule has 122 valence electrons. The number of aryl methyl sites for hydroxylation is 1. The van der Waals surface area contributed by atoms with Crippen molar-refractivity contribution >= 4 is 23.5 Å². The van der Waals surface area contributed by atoms with Crippen molar-refractivity contribution in [2.75, 3.05) is 5.32 Å². The molecule has 1 aromatic heterocycles. The first-order valence-electron chi connectivity index (χ1n) is 7.19. The van der Waals surface area contributed by atoms with Crippen LogP contribution in [0.2, 0.25) is 5.02 Å². The monoisotopic (exact) mass is 343 g/mol. The van der Waals surface area contributed by atoms with Gasteiger partial charge in [0.05, 0.1) is 0 Å². The zero-order valence-corrected chi connectivity index (χ0v) is 13.6. The van der Waals surface area contributed by atoms with E-state index in [2.05, 4.69) is 15.5 Å². The number of anilines is 1. The number of rotatable bonds is 5. The van der Waals surface area contributed by atoms with Crippen LogP contribution in [0.3, 0.4) is 0 Å². The molecule has 0 atom stereocenters. The van der Waals surface area contributed by atoms with Gasteiger partial charge in [-0.1, -0.05) is 34.9 Å². The SMILES string of the molecule is Cc1ccccc1OCc1nnc(NC(=O)c2ccc(Cl)cc2)o1. The van der Waals surface area contributed by atoms with Crippen LogP contribution >= 0.6 is 11.6 Å². The maximum absolute atomic E-state index is 12.0. The molecule has 6 nitrogen and oxygen atoms in total. The molecule has 0 aliphatic rings. The molecule has 0 aliphatic heterocycles. The molecule has 0 unspecified atom stereocenters. The van der Waals surface area contributed by atoms with Crippen LogP contribution in [0.5, 0.6) is 5.75 Å². The van der Waals surface area contributed by atoms with E-state index in [0.29, 0.717) is 10.6 Å². The van der Waals surface area contributed by atoms with Gasteiger partial charge in [-0.3, -0.25) is 10.1 Å². The molecule has 1 amide bonds. The zero-order chi connectivity index (χ0) is 16.9. The molecule has 0 spiro atoms. The predicted molar refractivity (Wildman–Crippen MR) is 89.2 cm³/mol. The number of para-hydroxylation sites is 1. The van der Waals surface area contributed by atoms with E-state index in [1.54, 1.807) is 24.3 Å². The van der Waals surface area contributed by atoms with Gasteiger partial charge in [0, 0.05) is 10.6 Å². The molecule has 0 aliphatic carbocycles. The summed E-state index contributed by atoms with van der Waals surface area (Å²) in [7, 11) is 0. The van der Waals surface area contributed by atoms with Gasteiger partial charge >= 0.3 is 6.01 Å². The van der Waals surface area contributed by atoms with Gasteiger partial charge in [-0.2, -0.15) is 0 Å². The summed E-state index contributed by atoms with van der Waals surface area (Å²) >= 11 is 5.79. The third kappa shape index (κ3) is 3.91. The van der Waals surface area contributed by atoms with Crippen molar-refractivity contribution in [2.24, 2.45) is 0 Å². The molecule has 0 saturated heterocycles. The maximum Gasteiger partial charge on any atom is 0.322 e. The molecule has 0 saturated carbocycles. The minimum absolute atomic E-state index is 0.0123. The molecule has 0 bridgehead atoms. The summed E-state index contributed by atoms with van der Waals surface area (Å²) in [6, 6.07) is 14.1. The Labute approximate surface area is 143 Å². The fourth-order valence-electron chi connectivity index (χ4n) is 1.99. The smallest absolute Gasteiger partial charge is 0.322 e. The number of carbonyl (C=O) groups excluding carboxylic acids is 1. The first-order chi connectivity index (χ1) is 11.6. The first-order valence-corrected chi connectivity index (χ1v) is 7.57. The Balaban J connectivity index is 1.60. The predicted octanol–water partition coefficient (Wildman–Crippen LogP) is 3.86. The van der Waals surface area contributed by atoms with Crippen LogP contribution in [-0.2, 0) is 6.61 Å². The van der Waals surface area contributed by atoms with Crippen LogP contribution < -0.4 is 10.1 Å². The number of nitrogens with one attached hydrogen (secondary N) is 1. The third-order valence-corrected chi connectivity index (χ3v) is 3.49. The lowest BCUT2D eigenvalue weighted by molar-refractivity contribution is 0.102. The molecular weight excluding hydrogens is 330 g/mol. The van der Waals surface area contributed by atoms with Crippen molar-refractivity contribution in [2.45, 2.75) is 13.5 Å². The molecular formula is C17H14ClN3O3. The average molecular weight is 344 g/mol. The lowest BCUT2D eigenvalue weighted by Gasteiger charge is -2.05. The lowest BCUT2D eigenvalue weighted by atomic mass is 10.2. The zero-order valence-electron chi connectivity index (χ0n) is 12.8. The number of benzene rings is 2. The molecule has 0 radical (unpaired) electrons. The minimum Gasteiger partial charge on any atom is -0.484 e. The van der Waals surface area contributed by atoms with Crippen LogP contribution in [-0.4, -0.2) is 16.1 Å². The van der Waals surface area contributed by atoms with Gasteiger partial charge in [-0.05, 0) is 42.8 Å². The standard InChI is InChI=1S/C17H14ClN3O3/c1-11-4-2-3-5-14(11)23-10-15-20-21-17(24-15)19-16(22)12-6-8-13(18)9-7-12/h2-9H,10H2,1H3,(H,19,21,22). The summed E-state index contributed by atoms with van der Waals surface area (Å²) in [5.74, 6) is 0.647. The van der Waals surface area contributed by atoms with Crippen molar-refractivity contribution in [1.29, 1.82) is 0 Å². The average Bonchev–Trinajstić information content (AvgIpc) is 3.02. The fraction of sp³-hybridized carbons (Fsp3) is 0.118. The van der Waals surface area contributed by atoms with Crippen molar-refractivity contribution < 1.29 is 13.9 Å². The van der Waals surface area contributed by atoms with Gasteiger partial charge < -0.3 is 9.15 Å². The Morgan fingerprint density at radius 1 is 1.17 bits per heavy atom. The highest BCUT2D eigenvalue weighted by Gasteiger charge is 2.12. The van der Waals surface area contributed by atoms with Crippen LogP contribution in [0.15, 0.2) is 52.9 Å². The third-order valence-electron chi connectivity index (χ3n) is 3.24. The first kappa shape index (κ1) is 16.0. The minimum atomic E-state index is -0.360. The van der Waals surface area contributed by atoms with E-state index >= 15 is 0 Å². The molecule has 1 N–H and O–H groups in total. The van der Waals surface area contributed by atoms with E-state index < -0.39 is 0 Å². The van der Waals surface area contributed by atoms with Crippen molar-refractivity contribution in [3.63, 3.8) is 0 Å². The topological polar surface area (TPSA) is 77.3 Å². The largest absolute Gasteiger partial charge is 0.484 e. The normalized spacial score (nSPS) is 10.4. The Hall–Kier alpha value is -2.86. The molecule has 3 aromatic rings. The second-order valence-corrected chi connectivity index (χ2v) is 5.45. The van der Waals surface area contributed by atoms with Crippen molar-refractivity contribution in [1.82, 2.24) is 10.2 Å². The fourth-order valence-corrected chi connectivity index (χ4v) is 2.12. The van der Waals surface area contributed by atoms with Gasteiger partial charge in [-0.15, -0.1) is 5.10 Å². The summed E-state index contributed by atoms with van der Waals surface area (Å²) in [6.07, 6.45) is 0. The quantitative estimate of drug-likeness (QED) is 0.761. The Kier molecular flexibility index (Phi) is 4.77. The van der Waals surface area contributed by atoms with E-state index in [1.165, 1.54) is 0 Å². The van der Waals surface area contributed by atoms with Crippen molar-refractivity contribution in [3.8, 4) is 5.75 Å². The highest BCUT2D eigenvalue weighted by atomic mass is 35.5. The maximum atomic E-state index is 12.0. The van der Waals surface area contributed by atoms with E-state index in [1.807, 2.05) is 31.2 Å². The number of aromatic nitrogens is 2. The number of amides is 1. The van der Waals surface area contributed by atoms with Crippen LogP contribution in [0.1, 0.15) is 21.8 Å². The highest BCUT2D eigenvalue weighted by Crippen LogP contribution is 2.18. The number of nitrogens with zero attached hydrogens (tertiary/aromatic N) is 2. The summed E-state index contributed by atoms with van der Waals surface area (Å²) in [5.41, 5.74) is 1.45. The van der Waals surface area contributed by atoms with E-state index in [4.69, 9.17) is 20.8 Å². The van der Waals surface area contributed by atoms with Crippen LogP contribution in [0.25, 0.3) is 0 Å². The Bertz CT molecular complexity index is 846. The van der Waals surface area contributed by atoms with Crippen LogP contribution in [0.4, 0.5) is 6.01 Å². The molecule has 2 aromatic carbocycles. The Morgan fingerprint density at radius 2 is 1.92 bits per heavy atom. The molecule has 3 rings (SSSR count). The number of hydrogen-bond acceptors (Lipinski definition) is 5. The molecule has 7 heteroatoms. The van der Waals surface area contributed by atoms with Gasteiger partial charge in [-0.25, -0.2) is 0 Å². The molecule has 1 heterocycles. The number of ether oxygens (including phenoxy) is 1.